The Hall–Kier alpha value is -3.22. The molecule has 1 fully saturated rings. The molecular weight excluding hydrogens is 358 g/mol. The Morgan fingerprint density at radius 1 is 1.25 bits per heavy atom. The van der Waals surface area contributed by atoms with Crippen molar-refractivity contribution in [1.82, 2.24) is 0 Å². The minimum absolute atomic E-state index is 0.0875. The van der Waals surface area contributed by atoms with Crippen molar-refractivity contribution in [3.05, 3.63) is 63.7 Å². The third-order valence-electron chi connectivity index (χ3n) is 5.03. The maximum Gasteiger partial charge on any atom is 0.271 e. The van der Waals surface area contributed by atoms with Crippen LogP contribution in [-0.4, -0.2) is 23.3 Å². The van der Waals surface area contributed by atoms with Gasteiger partial charge in [-0.1, -0.05) is 32.0 Å². The molecule has 1 N–H and O–H groups in total. The molecule has 0 aliphatic carbocycles. The molecular formula is C21H23N3O4. The van der Waals surface area contributed by atoms with E-state index in [9.17, 15) is 19.7 Å². The average molecular weight is 381 g/mol. The first-order valence-corrected chi connectivity index (χ1v) is 9.22. The molecule has 3 rings (SSSR count). The summed E-state index contributed by atoms with van der Waals surface area (Å²) in [5.74, 6) is -0.571. The summed E-state index contributed by atoms with van der Waals surface area (Å²) in [6, 6.07) is 12.1. The molecule has 0 aromatic heterocycles. The van der Waals surface area contributed by atoms with Gasteiger partial charge in [0.1, 0.15) is 0 Å². The second-order valence-electron chi connectivity index (χ2n) is 7.40. The van der Waals surface area contributed by atoms with Crippen molar-refractivity contribution in [3.8, 4) is 0 Å². The van der Waals surface area contributed by atoms with Gasteiger partial charge in [-0.05, 0) is 36.1 Å². The summed E-state index contributed by atoms with van der Waals surface area (Å²) in [4.78, 5) is 37.3. The first-order chi connectivity index (χ1) is 13.3. The van der Waals surface area contributed by atoms with E-state index in [2.05, 4.69) is 19.2 Å². The molecule has 1 heterocycles. The maximum atomic E-state index is 12.7. The zero-order chi connectivity index (χ0) is 20.4. The number of nitrogens with zero attached hydrogens (tertiary/aromatic N) is 2. The lowest BCUT2D eigenvalue weighted by molar-refractivity contribution is -0.384. The molecule has 0 spiro atoms. The average Bonchev–Trinajstić information content (AvgIpc) is 3.05. The fourth-order valence-corrected chi connectivity index (χ4v) is 3.28. The predicted octanol–water partition coefficient (Wildman–Crippen LogP) is 4.02. The van der Waals surface area contributed by atoms with Gasteiger partial charge >= 0.3 is 0 Å². The molecule has 1 aliphatic rings. The number of nitro groups is 1. The Kier molecular flexibility index (Phi) is 5.44. The third-order valence-corrected chi connectivity index (χ3v) is 5.03. The third kappa shape index (κ3) is 4.03. The molecule has 2 amide bonds. The van der Waals surface area contributed by atoms with Gasteiger partial charge in [0.15, 0.2) is 0 Å². The summed E-state index contributed by atoms with van der Waals surface area (Å²) in [5.41, 5.74) is 2.95. The fourth-order valence-electron chi connectivity index (χ4n) is 3.28. The fraction of sp³-hybridized carbons (Fsp3) is 0.333. The van der Waals surface area contributed by atoms with Crippen LogP contribution in [0.5, 0.6) is 0 Å². The largest absolute Gasteiger partial charge is 0.325 e. The van der Waals surface area contributed by atoms with Gasteiger partial charge in [0.2, 0.25) is 11.8 Å². The molecule has 7 nitrogen and oxygen atoms in total. The molecule has 1 unspecified atom stereocenters. The summed E-state index contributed by atoms with van der Waals surface area (Å²) in [7, 11) is 0. The van der Waals surface area contributed by atoms with Crippen molar-refractivity contribution in [3.63, 3.8) is 0 Å². The Labute approximate surface area is 163 Å². The number of non-ortho nitro benzene ring substituents is 1. The van der Waals surface area contributed by atoms with E-state index in [-0.39, 0.29) is 23.9 Å². The van der Waals surface area contributed by atoms with Crippen molar-refractivity contribution < 1.29 is 14.5 Å². The van der Waals surface area contributed by atoms with E-state index in [4.69, 9.17) is 0 Å². The van der Waals surface area contributed by atoms with Gasteiger partial charge in [0, 0.05) is 30.8 Å². The number of hydrogen-bond donors (Lipinski definition) is 1. The van der Waals surface area contributed by atoms with Crippen LogP contribution < -0.4 is 10.2 Å². The molecule has 1 atom stereocenters. The summed E-state index contributed by atoms with van der Waals surface area (Å²) in [6.45, 7) is 6.23. The SMILES string of the molecule is Cc1ccc([N+](=O)[O-])cc1NC(=O)C1CC(=O)N(c2cccc(C(C)C)c2)C1. The van der Waals surface area contributed by atoms with Gasteiger partial charge < -0.3 is 10.2 Å². The van der Waals surface area contributed by atoms with Crippen LogP contribution in [0, 0.1) is 23.0 Å². The minimum atomic E-state index is -0.506. The lowest BCUT2D eigenvalue weighted by Crippen LogP contribution is -2.28. The highest BCUT2D eigenvalue weighted by Crippen LogP contribution is 2.29. The van der Waals surface area contributed by atoms with E-state index in [1.807, 2.05) is 24.3 Å². The number of nitro benzene ring substituents is 1. The number of carbonyl (C=O) groups is 2. The van der Waals surface area contributed by atoms with Gasteiger partial charge in [-0.3, -0.25) is 19.7 Å². The number of benzene rings is 2. The smallest absolute Gasteiger partial charge is 0.271 e. The zero-order valence-corrected chi connectivity index (χ0v) is 16.1. The molecule has 1 saturated heterocycles. The maximum absolute atomic E-state index is 12.7. The van der Waals surface area contributed by atoms with Gasteiger partial charge in [0.25, 0.3) is 5.69 Å². The number of aryl methyl sites for hydroxylation is 1. The normalized spacial score (nSPS) is 16.5. The highest BCUT2D eigenvalue weighted by molar-refractivity contribution is 6.03. The molecule has 2 aromatic rings. The van der Waals surface area contributed by atoms with Crippen molar-refractivity contribution in [1.29, 1.82) is 0 Å². The Morgan fingerprint density at radius 2 is 2.00 bits per heavy atom. The van der Waals surface area contributed by atoms with Crippen LogP contribution in [0.15, 0.2) is 42.5 Å². The van der Waals surface area contributed by atoms with Crippen molar-refractivity contribution in [2.75, 3.05) is 16.8 Å². The standard InChI is InChI=1S/C21H23N3O4/c1-13(2)15-5-4-6-17(9-15)23-12-16(10-20(23)25)21(26)22-19-11-18(24(27)28)8-7-14(19)3/h4-9,11,13,16H,10,12H2,1-3H3,(H,22,26). The van der Waals surface area contributed by atoms with Gasteiger partial charge in [0.05, 0.1) is 16.5 Å². The summed E-state index contributed by atoms with van der Waals surface area (Å²) in [5, 5.41) is 13.7. The van der Waals surface area contributed by atoms with Gasteiger partial charge in [-0.25, -0.2) is 0 Å². The van der Waals surface area contributed by atoms with Crippen molar-refractivity contribution in [2.24, 2.45) is 5.92 Å². The quantitative estimate of drug-likeness (QED) is 0.625. The van der Waals surface area contributed by atoms with Crippen LogP contribution in [-0.2, 0) is 9.59 Å². The highest BCUT2D eigenvalue weighted by atomic mass is 16.6. The first kappa shape index (κ1) is 19.5. The molecule has 0 bridgehead atoms. The molecule has 2 aromatic carbocycles. The monoisotopic (exact) mass is 381 g/mol. The van der Waals surface area contributed by atoms with E-state index >= 15 is 0 Å². The van der Waals surface area contributed by atoms with Gasteiger partial charge in [-0.15, -0.1) is 0 Å². The molecule has 146 valence electrons. The molecule has 1 aliphatic heterocycles. The summed E-state index contributed by atoms with van der Waals surface area (Å²) in [6.07, 6.45) is 0.117. The number of nitrogens with one attached hydrogen (secondary N) is 1. The van der Waals surface area contributed by atoms with Crippen LogP contribution in [0.1, 0.15) is 37.3 Å². The van der Waals surface area contributed by atoms with Crippen molar-refractivity contribution >= 4 is 28.9 Å². The lowest BCUT2D eigenvalue weighted by atomic mass is 10.0. The second-order valence-corrected chi connectivity index (χ2v) is 7.40. The Balaban J connectivity index is 1.75. The summed E-state index contributed by atoms with van der Waals surface area (Å²) < 4.78 is 0. The minimum Gasteiger partial charge on any atom is -0.325 e. The first-order valence-electron chi connectivity index (χ1n) is 9.22. The predicted molar refractivity (Wildman–Crippen MR) is 107 cm³/mol. The number of hydrogen-bond acceptors (Lipinski definition) is 4. The van der Waals surface area contributed by atoms with E-state index < -0.39 is 10.8 Å². The topological polar surface area (TPSA) is 92.5 Å². The van der Waals surface area contributed by atoms with Crippen LogP contribution in [0.3, 0.4) is 0 Å². The molecule has 0 radical (unpaired) electrons. The number of anilines is 2. The molecule has 0 saturated carbocycles. The van der Waals surface area contributed by atoms with Crippen LogP contribution in [0.4, 0.5) is 17.1 Å². The number of amides is 2. The van der Waals surface area contributed by atoms with Crippen LogP contribution >= 0.6 is 0 Å². The zero-order valence-electron chi connectivity index (χ0n) is 16.1. The van der Waals surface area contributed by atoms with Gasteiger partial charge in [-0.2, -0.15) is 0 Å². The number of carbonyl (C=O) groups excluding carboxylic acids is 2. The molecule has 28 heavy (non-hydrogen) atoms. The van der Waals surface area contributed by atoms with E-state index in [0.29, 0.717) is 18.2 Å². The van der Waals surface area contributed by atoms with E-state index in [0.717, 1.165) is 16.8 Å². The van der Waals surface area contributed by atoms with E-state index in [1.165, 1.54) is 12.1 Å². The van der Waals surface area contributed by atoms with Crippen molar-refractivity contribution in [2.45, 2.75) is 33.1 Å². The van der Waals surface area contributed by atoms with E-state index in [1.54, 1.807) is 17.9 Å². The van der Waals surface area contributed by atoms with Crippen LogP contribution in [0.2, 0.25) is 0 Å². The molecule has 7 heteroatoms. The highest BCUT2D eigenvalue weighted by Gasteiger charge is 2.35. The Morgan fingerprint density at radius 3 is 2.68 bits per heavy atom. The lowest BCUT2D eigenvalue weighted by Gasteiger charge is -2.18. The summed E-state index contributed by atoms with van der Waals surface area (Å²) >= 11 is 0. The second kappa shape index (κ2) is 7.80. The van der Waals surface area contributed by atoms with Crippen LogP contribution in [0.25, 0.3) is 0 Å². The Bertz CT molecular complexity index is 939. The number of rotatable bonds is 5.